The van der Waals surface area contributed by atoms with Crippen molar-refractivity contribution in [1.29, 1.82) is 0 Å². The number of halogens is 1. The summed E-state index contributed by atoms with van der Waals surface area (Å²) in [4.78, 5) is 33.4. The third kappa shape index (κ3) is 5.15. The minimum absolute atomic E-state index is 0.0422. The molecule has 1 N–H and O–H groups in total. The summed E-state index contributed by atoms with van der Waals surface area (Å²) < 4.78 is 14.1. The normalized spacial score (nSPS) is 20.2. The van der Waals surface area contributed by atoms with Gasteiger partial charge in [0.25, 0.3) is 0 Å². The molecule has 3 aromatic rings. The number of hydrogen-bond acceptors (Lipinski definition) is 4. The van der Waals surface area contributed by atoms with Crippen LogP contribution >= 0.6 is 11.3 Å². The summed E-state index contributed by atoms with van der Waals surface area (Å²) in [5.74, 6) is -0.226. The van der Waals surface area contributed by atoms with E-state index in [0.717, 1.165) is 35.3 Å². The number of aryl methyl sites for hydroxylation is 1. The Hall–Kier alpha value is -3.23. The highest BCUT2D eigenvalue weighted by molar-refractivity contribution is 7.10. The Kier molecular flexibility index (Phi) is 7.07. The number of benzene rings is 2. The van der Waals surface area contributed by atoms with Gasteiger partial charge in [0.2, 0.25) is 5.91 Å². The van der Waals surface area contributed by atoms with E-state index in [-0.39, 0.29) is 36.4 Å². The predicted molar refractivity (Wildman–Crippen MR) is 141 cm³/mol. The van der Waals surface area contributed by atoms with Crippen LogP contribution in [0.15, 0.2) is 60.0 Å². The molecule has 2 aromatic carbocycles. The quantitative estimate of drug-likeness (QED) is 0.547. The summed E-state index contributed by atoms with van der Waals surface area (Å²) in [6, 6.07) is 16.1. The first-order valence-electron chi connectivity index (χ1n) is 12.4. The second-order valence-corrected chi connectivity index (χ2v) is 10.7. The second kappa shape index (κ2) is 10.4. The highest BCUT2D eigenvalue weighted by Crippen LogP contribution is 2.37. The summed E-state index contributed by atoms with van der Waals surface area (Å²) in [5.41, 5.74) is 3.93. The van der Waals surface area contributed by atoms with E-state index in [0.29, 0.717) is 19.6 Å². The van der Waals surface area contributed by atoms with E-state index in [4.69, 9.17) is 0 Å². The Morgan fingerprint density at radius 2 is 1.89 bits per heavy atom. The minimum atomic E-state index is -0.269. The van der Waals surface area contributed by atoms with Crippen LogP contribution in [0.5, 0.6) is 0 Å². The van der Waals surface area contributed by atoms with Gasteiger partial charge >= 0.3 is 6.03 Å². The standard InChI is InChI=1S/C28H31FN4O2S/c1-19-6-8-23(9-7-19)30-28(35)33-14-13-31(17-20(33)2)26(34)18-32-12-10-25-24(11-15-36-25)27(32)21-4-3-5-22(29)16-21/h3-9,11,15-16,20,27H,10,12-14,17-18H2,1-2H3,(H,30,35). The first-order valence-corrected chi connectivity index (χ1v) is 13.2. The van der Waals surface area contributed by atoms with Gasteiger partial charge in [-0.15, -0.1) is 11.3 Å². The third-order valence-electron chi connectivity index (χ3n) is 7.11. The zero-order valence-electron chi connectivity index (χ0n) is 20.6. The summed E-state index contributed by atoms with van der Waals surface area (Å²) in [7, 11) is 0. The van der Waals surface area contributed by atoms with Crippen LogP contribution in [0.1, 0.15) is 34.5 Å². The number of amides is 3. The average Bonchev–Trinajstić information content (AvgIpc) is 3.34. The highest BCUT2D eigenvalue weighted by Gasteiger charge is 2.34. The topological polar surface area (TPSA) is 55.9 Å². The van der Waals surface area contributed by atoms with Crippen molar-refractivity contribution in [3.63, 3.8) is 0 Å². The minimum Gasteiger partial charge on any atom is -0.338 e. The number of hydrogen-bond donors (Lipinski definition) is 1. The Morgan fingerprint density at radius 3 is 2.64 bits per heavy atom. The van der Waals surface area contributed by atoms with Crippen LogP contribution in [0.25, 0.3) is 0 Å². The van der Waals surface area contributed by atoms with Gasteiger partial charge in [-0.2, -0.15) is 0 Å². The molecular formula is C28H31FN4O2S. The Bertz CT molecular complexity index is 1240. The maximum atomic E-state index is 14.1. The Morgan fingerprint density at radius 1 is 1.08 bits per heavy atom. The van der Waals surface area contributed by atoms with Crippen molar-refractivity contribution < 1.29 is 14.0 Å². The fourth-order valence-electron chi connectivity index (χ4n) is 5.20. The molecule has 1 fully saturated rings. The molecule has 2 atom stereocenters. The molecule has 0 radical (unpaired) electrons. The molecule has 0 saturated carbocycles. The molecule has 2 aliphatic rings. The Labute approximate surface area is 215 Å². The molecule has 3 heterocycles. The lowest BCUT2D eigenvalue weighted by Crippen LogP contribution is -2.58. The SMILES string of the molecule is Cc1ccc(NC(=O)N2CCN(C(=O)CN3CCc4sccc4C3c3cccc(F)c3)CC2C)cc1. The lowest BCUT2D eigenvalue weighted by molar-refractivity contribution is -0.135. The predicted octanol–water partition coefficient (Wildman–Crippen LogP) is 4.91. The molecule has 36 heavy (non-hydrogen) atoms. The fourth-order valence-corrected chi connectivity index (χ4v) is 6.10. The molecule has 1 saturated heterocycles. The van der Waals surface area contributed by atoms with E-state index in [1.165, 1.54) is 10.9 Å². The fraction of sp³-hybridized carbons (Fsp3) is 0.357. The zero-order valence-corrected chi connectivity index (χ0v) is 21.4. The van der Waals surface area contributed by atoms with Crippen molar-refractivity contribution in [2.75, 3.05) is 38.0 Å². The number of nitrogens with one attached hydrogen (secondary N) is 1. The summed E-state index contributed by atoms with van der Waals surface area (Å²) in [6.07, 6.45) is 0.884. The first kappa shape index (κ1) is 24.5. The lowest BCUT2D eigenvalue weighted by atomic mass is 9.93. The number of thiophene rings is 1. The van der Waals surface area contributed by atoms with Crippen LogP contribution in [0.4, 0.5) is 14.9 Å². The van der Waals surface area contributed by atoms with Gasteiger partial charge in [0.1, 0.15) is 5.82 Å². The van der Waals surface area contributed by atoms with Gasteiger partial charge in [-0.3, -0.25) is 9.69 Å². The molecule has 0 bridgehead atoms. The van der Waals surface area contributed by atoms with E-state index in [2.05, 4.69) is 21.7 Å². The van der Waals surface area contributed by atoms with Gasteiger partial charge in [0.05, 0.1) is 12.6 Å². The smallest absolute Gasteiger partial charge is 0.322 e. The molecule has 1 aromatic heterocycles. The van der Waals surface area contributed by atoms with Crippen LogP contribution in [-0.4, -0.2) is 65.4 Å². The zero-order chi connectivity index (χ0) is 25.2. The number of carbonyl (C=O) groups is 2. The van der Waals surface area contributed by atoms with Gasteiger partial charge < -0.3 is 15.1 Å². The van der Waals surface area contributed by atoms with Crippen LogP contribution in [0.2, 0.25) is 0 Å². The van der Waals surface area contributed by atoms with Gasteiger partial charge in [-0.25, -0.2) is 9.18 Å². The molecule has 6 nitrogen and oxygen atoms in total. The molecule has 0 spiro atoms. The van der Waals surface area contributed by atoms with Crippen molar-refractivity contribution in [1.82, 2.24) is 14.7 Å². The van der Waals surface area contributed by atoms with Crippen molar-refractivity contribution in [2.24, 2.45) is 0 Å². The summed E-state index contributed by atoms with van der Waals surface area (Å²) in [5, 5.41) is 5.03. The van der Waals surface area contributed by atoms with Crippen LogP contribution in [0.3, 0.4) is 0 Å². The van der Waals surface area contributed by atoms with Crippen LogP contribution in [0, 0.1) is 12.7 Å². The van der Waals surface area contributed by atoms with Crippen molar-refractivity contribution in [2.45, 2.75) is 32.4 Å². The molecule has 3 amide bonds. The number of urea groups is 1. The van der Waals surface area contributed by atoms with Gasteiger partial charge in [0.15, 0.2) is 0 Å². The molecule has 5 rings (SSSR count). The highest BCUT2D eigenvalue weighted by atomic mass is 32.1. The van der Waals surface area contributed by atoms with Crippen LogP contribution < -0.4 is 5.32 Å². The van der Waals surface area contributed by atoms with E-state index < -0.39 is 0 Å². The van der Waals surface area contributed by atoms with Crippen molar-refractivity contribution in [3.05, 3.63) is 87.4 Å². The number of piperazine rings is 1. The molecule has 2 unspecified atom stereocenters. The molecule has 2 aliphatic heterocycles. The Balaban J connectivity index is 1.24. The number of carbonyl (C=O) groups excluding carboxylic acids is 2. The summed E-state index contributed by atoms with van der Waals surface area (Å²) >= 11 is 1.72. The number of nitrogens with zero attached hydrogens (tertiary/aromatic N) is 3. The number of fused-ring (bicyclic) bond motifs is 1. The lowest BCUT2D eigenvalue weighted by Gasteiger charge is -2.41. The van der Waals surface area contributed by atoms with Gasteiger partial charge in [-0.05, 0) is 67.1 Å². The van der Waals surface area contributed by atoms with E-state index in [1.807, 2.05) is 49.1 Å². The molecule has 8 heteroatoms. The monoisotopic (exact) mass is 506 g/mol. The molecule has 0 aliphatic carbocycles. The van der Waals surface area contributed by atoms with Gasteiger partial charge in [-0.1, -0.05) is 29.8 Å². The van der Waals surface area contributed by atoms with Crippen molar-refractivity contribution in [3.8, 4) is 0 Å². The number of anilines is 1. The van der Waals surface area contributed by atoms with E-state index in [1.54, 1.807) is 28.4 Å². The van der Waals surface area contributed by atoms with Crippen molar-refractivity contribution >= 4 is 29.0 Å². The first-order chi connectivity index (χ1) is 17.4. The molecule has 188 valence electrons. The maximum absolute atomic E-state index is 14.1. The summed E-state index contributed by atoms with van der Waals surface area (Å²) in [6.45, 7) is 6.45. The average molecular weight is 507 g/mol. The molecular weight excluding hydrogens is 475 g/mol. The largest absolute Gasteiger partial charge is 0.338 e. The van der Waals surface area contributed by atoms with Crippen LogP contribution in [-0.2, 0) is 11.2 Å². The van der Waals surface area contributed by atoms with Gasteiger partial charge in [0, 0.05) is 42.8 Å². The number of rotatable bonds is 4. The second-order valence-electron chi connectivity index (χ2n) is 9.66. The van der Waals surface area contributed by atoms with E-state index >= 15 is 0 Å². The maximum Gasteiger partial charge on any atom is 0.322 e. The van der Waals surface area contributed by atoms with E-state index in [9.17, 15) is 14.0 Å². The third-order valence-corrected chi connectivity index (χ3v) is 8.11.